The van der Waals surface area contributed by atoms with Crippen molar-refractivity contribution >= 4 is 52.1 Å². The van der Waals surface area contributed by atoms with E-state index in [9.17, 15) is 9.18 Å². The molecule has 3 nitrogen and oxygen atoms in total. The van der Waals surface area contributed by atoms with Crippen LogP contribution in [0, 0.1) is 5.82 Å². The SMILES string of the molecule is Nc1cc(C(=O)Nc2cc(F)cc(Cl)c2)cc(Cl)c1Cl. The van der Waals surface area contributed by atoms with Crippen LogP contribution in [-0.2, 0) is 0 Å². The molecule has 0 bridgehead atoms. The first-order valence-electron chi connectivity index (χ1n) is 5.39. The molecular weight excluding hydrogens is 326 g/mol. The van der Waals surface area contributed by atoms with Gasteiger partial charge in [0.05, 0.1) is 15.7 Å². The lowest BCUT2D eigenvalue weighted by Crippen LogP contribution is -2.12. The molecule has 0 fully saturated rings. The maximum absolute atomic E-state index is 13.2. The van der Waals surface area contributed by atoms with Crippen molar-refractivity contribution in [1.82, 2.24) is 0 Å². The Morgan fingerprint density at radius 3 is 2.40 bits per heavy atom. The maximum atomic E-state index is 13.2. The summed E-state index contributed by atoms with van der Waals surface area (Å²) >= 11 is 17.3. The van der Waals surface area contributed by atoms with Gasteiger partial charge in [-0.3, -0.25) is 4.79 Å². The fourth-order valence-corrected chi connectivity index (χ4v) is 2.13. The summed E-state index contributed by atoms with van der Waals surface area (Å²) in [4.78, 5) is 12.0. The van der Waals surface area contributed by atoms with Crippen LogP contribution >= 0.6 is 34.8 Å². The van der Waals surface area contributed by atoms with E-state index in [1.807, 2.05) is 0 Å². The number of carbonyl (C=O) groups excluding carboxylic acids is 1. The van der Waals surface area contributed by atoms with Gasteiger partial charge in [0.25, 0.3) is 5.91 Å². The number of hydrogen-bond donors (Lipinski definition) is 2. The number of nitrogens with two attached hydrogens (primary N) is 1. The van der Waals surface area contributed by atoms with Gasteiger partial charge in [-0.25, -0.2) is 4.39 Å². The van der Waals surface area contributed by atoms with Crippen LogP contribution in [0.25, 0.3) is 0 Å². The van der Waals surface area contributed by atoms with Gasteiger partial charge in [0.2, 0.25) is 0 Å². The topological polar surface area (TPSA) is 55.1 Å². The predicted octanol–water partition coefficient (Wildman–Crippen LogP) is 4.62. The minimum absolute atomic E-state index is 0.161. The summed E-state index contributed by atoms with van der Waals surface area (Å²) in [5.74, 6) is -1.06. The van der Waals surface area contributed by atoms with Crippen molar-refractivity contribution in [3.05, 3.63) is 56.8 Å². The number of hydrogen-bond acceptors (Lipinski definition) is 2. The molecule has 0 saturated heterocycles. The number of anilines is 2. The van der Waals surface area contributed by atoms with Crippen molar-refractivity contribution in [3.8, 4) is 0 Å². The molecule has 7 heteroatoms. The Hall–Kier alpha value is -1.49. The summed E-state index contributed by atoms with van der Waals surface area (Å²) in [6.07, 6.45) is 0. The highest BCUT2D eigenvalue weighted by Crippen LogP contribution is 2.29. The van der Waals surface area contributed by atoms with E-state index in [1.165, 1.54) is 18.2 Å². The fourth-order valence-electron chi connectivity index (χ4n) is 1.57. The van der Waals surface area contributed by atoms with Gasteiger partial charge in [0, 0.05) is 16.3 Å². The molecule has 0 unspecified atom stereocenters. The zero-order valence-electron chi connectivity index (χ0n) is 9.88. The summed E-state index contributed by atoms with van der Waals surface area (Å²) in [5, 5.41) is 3.01. The van der Waals surface area contributed by atoms with E-state index in [-0.39, 0.29) is 32.0 Å². The second kappa shape index (κ2) is 5.87. The number of nitrogen functional groups attached to an aromatic ring is 1. The lowest BCUT2D eigenvalue weighted by atomic mass is 10.2. The lowest BCUT2D eigenvalue weighted by Gasteiger charge is -2.08. The highest BCUT2D eigenvalue weighted by molar-refractivity contribution is 6.44. The van der Waals surface area contributed by atoms with Gasteiger partial charge in [0.15, 0.2) is 0 Å². The Labute approximate surface area is 129 Å². The molecule has 104 valence electrons. The zero-order valence-corrected chi connectivity index (χ0v) is 12.2. The van der Waals surface area contributed by atoms with E-state index >= 15 is 0 Å². The van der Waals surface area contributed by atoms with Crippen molar-refractivity contribution in [2.24, 2.45) is 0 Å². The quantitative estimate of drug-likeness (QED) is 0.788. The molecule has 1 amide bonds. The molecule has 0 atom stereocenters. The van der Waals surface area contributed by atoms with Crippen LogP contribution in [0.5, 0.6) is 0 Å². The second-order valence-corrected chi connectivity index (χ2v) is 5.20. The van der Waals surface area contributed by atoms with Crippen LogP contribution in [0.3, 0.4) is 0 Å². The van der Waals surface area contributed by atoms with E-state index in [0.717, 1.165) is 12.1 Å². The van der Waals surface area contributed by atoms with Gasteiger partial charge in [-0.2, -0.15) is 0 Å². The fraction of sp³-hybridized carbons (Fsp3) is 0. The third kappa shape index (κ3) is 3.33. The van der Waals surface area contributed by atoms with Crippen LogP contribution in [0.15, 0.2) is 30.3 Å². The van der Waals surface area contributed by atoms with Crippen molar-refractivity contribution < 1.29 is 9.18 Å². The molecule has 0 spiro atoms. The first-order chi connectivity index (χ1) is 9.36. The van der Waals surface area contributed by atoms with Gasteiger partial charge in [-0.05, 0) is 30.3 Å². The molecule has 0 radical (unpaired) electrons. The molecule has 0 aliphatic rings. The lowest BCUT2D eigenvalue weighted by molar-refractivity contribution is 0.102. The number of halogens is 4. The summed E-state index contributed by atoms with van der Waals surface area (Å²) in [7, 11) is 0. The number of nitrogens with one attached hydrogen (secondary N) is 1. The second-order valence-electron chi connectivity index (χ2n) is 3.97. The Bertz CT molecular complexity index is 648. The number of carbonyl (C=O) groups is 1. The highest BCUT2D eigenvalue weighted by Gasteiger charge is 2.12. The minimum atomic E-state index is -0.554. The van der Waals surface area contributed by atoms with Crippen molar-refractivity contribution in [2.45, 2.75) is 0 Å². The van der Waals surface area contributed by atoms with Gasteiger partial charge in [-0.1, -0.05) is 34.8 Å². The monoisotopic (exact) mass is 332 g/mol. The summed E-state index contributed by atoms with van der Waals surface area (Å²) < 4.78 is 13.2. The first kappa shape index (κ1) is 14.9. The normalized spacial score (nSPS) is 10.4. The van der Waals surface area contributed by atoms with E-state index in [4.69, 9.17) is 40.5 Å². The van der Waals surface area contributed by atoms with Gasteiger partial charge >= 0.3 is 0 Å². The largest absolute Gasteiger partial charge is 0.397 e. The number of benzene rings is 2. The van der Waals surface area contributed by atoms with Gasteiger partial charge in [-0.15, -0.1) is 0 Å². The van der Waals surface area contributed by atoms with Crippen LogP contribution in [0.1, 0.15) is 10.4 Å². The number of rotatable bonds is 2. The number of amides is 1. The summed E-state index contributed by atoms with van der Waals surface area (Å²) in [6, 6.07) is 6.45. The van der Waals surface area contributed by atoms with Crippen molar-refractivity contribution in [1.29, 1.82) is 0 Å². The molecule has 0 heterocycles. The van der Waals surface area contributed by atoms with E-state index in [1.54, 1.807) is 0 Å². The van der Waals surface area contributed by atoms with Crippen LogP contribution in [0.2, 0.25) is 15.1 Å². The van der Waals surface area contributed by atoms with Crippen molar-refractivity contribution in [2.75, 3.05) is 11.1 Å². The Balaban J connectivity index is 2.28. The molecule has 0 aliphatic heterocycles. The van der Waals surface area contributed by atoms with Crippen LogP contribution < -0.4 is 11.1 Å². The Morgan fingerprint density at radius 1 is 1.10 bits per heavy atom. The average molecular weight is 334 g/mol. The molecule has 20 heavy (non-hydrogen) atoms. The summed E-state index contributed by atoms with van der Waals surface area (Å²) in [6.45, 7) is 0. The molecule has 2 aromatic carbocycles. The Morgan fingerprint density at radius 2 is 1.80 bits per heavy atom. The van der Waals surface area contributed by atoms with Crippen LogP contribution in [-0.4, -0.2) is 5.91 Å². The Kier molecular flexibility index (Phi) is 4.38. The van der Waals surface area contributed by atoms with Gasteiger partial charge < -0.3 is 11.1 Å². The molecule has 0 aliphatic carbocycles. The van der Waals surface area contributed by atoms with Gasteiger partial charge in [0.1, 0.15) is 5.82 Å². The zero-order chi connectivity index (χ0) is 14.9. The third-order valence-corrected chi connectivity index (χ3v) is 3.47. The van der Waals surface area contributed by atoms with Crippen molar-refractivity contribution in [3.63, 3.8) is 0 Å². The van der Waals surface area contributed by atoms with E-state index in [2.05, 4.69) is 5.32 Å². The smallest absolute Gasteiger partial charge is 0.255 e. The maximum Gasteiger partial charge on any atom is 0.255 e. The molecule has 2 rings (SSSR count). The van der Waals surface area contributed by atoms with E-state index < -0.39 is 11.7 Å². The van der Waals surface area contributed by atoms with E-state index in [0.29, 0.717) is 0 Å². The minimum Gasteiger partial charge on any atom is -0.397 e. The first-order valence-corrected chi connectivity index (χ1v) is 6.52. The molecule has 2 aromatic rings. The standard InChI is InChI=1S/C13H8Cl3FN2O/c14-7-3-8(17)5-9(4-7)19-13(20)6-1-10(15)12(16)11(18)2-6/h1-5H,18H2,(H,19,20). The molecule has 0 saturated carbocycles. The third-order valence-electron chi connectivity index (χ3n) is 2.44. The summed E-state index contributed by atoms with van der Waals surface area (Å²) in [5.41, 5.74) is 6.24. The van der Waals surface area contributed by atoms with Crippen LogP contribution in [0.4, 0.5) is 15.8 Å². The predicted molar refractivity (Wildman–Crippen MR) is 80.2 cm³/mol. The highest BCUT2D eigenvalue weighted by atomic mass is 35.5. The average Bonchev–Trinajstić information content (AvgIpc) is 2.33. The molecule has 0 aromatic heterocycles. The molecule has 3 N–H and O–H groups in total. The molecular formula is C13H8Cl3FN2O.